The predicted molar refractivity (Wildman–Crippen MR) is 160 cm³/mol. The van der Waals surface area contributed by atoms with Crippen molar-refractivity contribution in [3.05, 3.63) is 125 Å². The lowest BCUT2D eigenvalue weighted by atomic mass is 9.38. The van der Waals surface area contributed by atoms with Crippen molar-refractivity contribution >= 4 is 23.4 Å². The summed E-state index contributed by atoms with van der Waals surface area (Å²) in [5, 5.41) is 0. The zero-order chi connectivity index (χ0) is 26.5. The van der Waals surface area contributed by atoms with E-state index in [9.17, 15) is 0 Å². The maximum absolute atomic E-state index is 2.76. The first-order valence-corrected chi connectivity index (χ1v) is 14.3. The van der Waals surface area contributed by atoms with Crippen molar-refractivity contribution in [2.75, 3.05) is 0 Å². The summed E-state index contributed by atoms with van der Waals surface area (Å²) in [6.07, 6.45) is 2.05. The van der Waals surface area contributed by atoms with Gasteiger partial charge in [0.1, 0.15) is 0 Å². The molecular weight excluding hydrogens is 471 g/mol. The van der Waals surface area contributed by atoms with E-state index in [1.807, 2.05) is 0 Å². The quantitative estimate of drug-likeness (QED) is 0.236. The maximum atomic E-state index is 2.76. The van der Waals surface area contributed by atoms with E-state index in [0.717, 1.165) is 12.8 Å². The minimum atomic E-state index is -0.120. The average molecular weight is 504 g/mol. The highest BCUT2D eigenvalue weighted by molar-refractivity contribution is 6.94. The summed E-state index contributed by atoms with van der Waals surface area (Å²) in [6, 6.07) is 37.3. The van der Waals surface area contributed by atoms with Crippen LogP contribution in [0.2, 0.25) is 0 Å². The number of benzene rings is 3. The van der Waals surface area contributed by atoms with Gasteiger partial charge in [0.2, 0.25) is 23.0 Å². The molecule has 0 spiro atoms. The third-order valence-electron chi connectivity index (χ3n) is 9.79. The third-order valence-corrected chi connectivity index (χ3v) is 9.79. The van der Waals surface area contributed by atoms with Crippen LogP contribution in [0.4, 0.5) is 0 Å². The lowest BCUT2D eigenvalue weighted by molar-refractivity contribution is -0.821. The van der Waals surface area contributed by atoms with Crippen LogP contribution < -0.4 is 25.8 Å². The molecule has 8 rings (SSSR count). The summed E-state index contributed by atoms with van der Waals surface area (Å²) >= 11 is 0. The van der Waals surface area contributed by atoms with Gasteiger partial charge in [0.05, 0.1) is 0 Å². The van der Waals surface area contributed by atoms with Crippen molar-refractivity contribution in [2.24, 2.45) is 0 Å². The van der Waals surface area contributed by atoms with Gasteiger partial charge in [-0.15, -0.1) is 0 Å². The van der Waals surface area contributed by atoms with Gasteiger partial charge in [-0.2, -0.15) is 9.13 Å². The Labute approximate surface area is 231 Å². The number of fused-ring (bicyclic) bond motifs is 5. The minimum absolute atomic E-state index is 0.120. The van der Waals surface area contributed by atoms with E-state index in [-0.39, 0.29) is 12.3 Å². The van der Waals surface area contributed by atoms with Gasteiger partial charge >= 0.3 is 6.71 Å². The lowest BCUT2D eigenvalue weighted by Crippen LogP contribution is -2.74. The number of aryl methyl sites for hydroxylation is 3. The van der Waals surface area contributed by atoms with Gasteiger partial charge in [-0.05, 0) is 61.6 Å². The van der Waals surface area contributed by atoms with Gasteiger partial charge in [-0.1, -0.05) is 77.4 Å². The number of aromatic nitrogens is 2. The molecule has 0 N–H and O–H groups in total. The molecule has 0 fully saturated rings. The SMILES string of the molecule is Cc1cc(C)c(B2c3cccc4[n+]3C(Cc3ccccc3-4)C3(C)Cc4ccccc4-c4cccc2[n+]43)c(C)c1. The highest BCUT2D eigenvalue weighted by Gasteiger charge is 2.61. The molecule has 39 heavy (non-hydrogen) atoms. The van der Waals surface area contributed by atoms with Gasteiger partial charge < -0.3 is 0 Å². The summed E-state index contributed by atoms with van der Waals surface area (Å²) in [4.78, 5) is 0. The molecule has 0 saturated carbocycles. The summed E-state index contributed by atoms with van der Waals surface area (Å²) in [7, 11) is 0. The highest BCUT2D eigenvalue weighted by atomic mass is 15.2. The Balaban J connectivity index is 1.55. The van der Waals surface area contributed by atoms with E-state index < -0.39 is 0 Å². The maximum Gasteiger partial charge on any atom is 0.406 e. The van der Waals surface area contributed by atoms with Crippen LogP contribution >= 0.6 is 0 Å². The van der Waals surface area contributed by atoms with Crippen molar-refractivity contribution in [2.45, 2.75) is 52.1 Å². The monoisotopic (exact) mass is 504 g/mol. The van der Waals surface area contributed by atoms with Crippen LogP contribution in [0.5, 0.6) is 0 Å². The lowest BCUT2D eigenvalue weighted by Gasteiger charge is -2.36. The van der Waals surface area contributed by atoms with E-state index >= 15 is 0 Å². The molecule has 188 valence electrons. The molecule has 3 aliphatic rings. The first-order valence-electron chi connectivity index (χ1n) is 14.3. The van der Waals surface area contributed by atoms with E-state index in [0.29, 0.717) is 6.04 Å². The summed E-state index contributed by atoms with van der Waals surface area (Å²) < 4.78 is 5.50. The molecule has 5 aromatic rings. The second-order valence-corrected chi connectivity index (χ2v) is 12.2. The van der Waals surface area contributed by atoms with Crippen molar-refractivity contribution in [3.8, 4) is 22.5 Å². The molecule has 2 unspecified atom stereocenters. The topological polar surface area (TPSA) is 7.76 Å². The van der Waals surface area contributed by atoms with Gasteiger partial charge in [0, 0.05) is 43.0 Å². The number of pyridine rings is 2. The zero-order valence-electron chi connectivity index (χ0n) is 23.2. The van der Waals surface area contributed by atoms with Crippen molar-refractivity contribution < 1.29 is 9.13 Å². The fourth-order valence-corrected chi connectivity index (χ4v) is 8.37. The normalized spacial score (nSPS) is 19.9. The van der Waals surface area contributed by atoms with Crippen molar-refractivity contribution in [3.63, 3.8) is 0 Å². The number of nitrogens with zero attached hydrogens (tertiary/aromatic N) is 2. The molecule has 2 aromatic heterocycles. The molecule has 0 aliphatic carbocycles. The van der Waals surface area contributed by atoms with Gasteiger partial charge in [0.15, 0.2) is 11.2 Å². The molecule has 0 saturated heterocycles. The molecule has 3 aliphatic heterocycles. The first-order chi connectivity index (χ1) is 19.0. The summed E-state index contributed by atoms with van der Waals surface area (Å²) in [5.74, 6) is 0. The van der Waals surface area contributed by atoms with Gasteiger partial charge in [-0.25, -0.2) is 0 Å². The fraction of sp³-hybridized carbons (Fsp3) is 0.222. The van der Waals surface area contributed by atoms with Crippen molar-refractivity contribution in [1.29, 1.82) is 0 Å². The predicted octanol–water partition coefficient (Wildman–Crippen LogP) is 4.42. The van der Waals surface area contributed by atoms with E-state index in [1.165, 1.54) is 67.0 Å². The smallest absolute Gasteiger partial charge is 0.194 e. The molecule has 0 amide bonds. The highest BCUT2D eigenvalue weighted by Crippen LogP contribution is 2.41. The molecule has 0 radical (unpaired) electrons. The second kappa shape index (κ2) is 8.02. The van der Waals surface area contributed by atoms with Crippen LogP contribution in [-0.4, -0.2) is 6.71 Å². The third kappa shape index (κ3) is 3.05. The minimum Gasteiger partial charge on any atom is -0.194 e. The Morgan fingerprint density at radius 1 is 0.692 bits per heavy atom. The molecule has 2 nitrogen and oxygen atoms in total. The standard InChI is InChI=1S/C36H33BN2/c1-23-19-24(2)35(25(3)20-23)37-33-17-9-15-30-28-13-7-5-11-26(28)21-32(38(30)33)36(4)22-27-12-6-8-14-29(27)31-16-10-18-34(37)39(31)36/h5-20,32H,21-22H2,1-4H3/q+2. The van der Waals surface area contributed by atoms with Crippen LogP contribution in [-0.2, 0) is 18.4 Å². The fourth-order valence-electron chi connectivity index (χ4n) is 8.37. The Hall–Kier alpha value is -3.98. The Morgan fingerprint density at radius 3 is 2.05 bits per heavy atom. The molecular formula is C36H33BN2+2. The van der Waals surface area contributed by atoms with E-state index in [2.05, 4.69) is 134 Å². The zero-order valence-corrected chi connectivity index (χ0v) is 23.2. The number of rotatable bonds is 1. The largest absolute Gasteiger partial charge is 0.406 e. The van der Waals surface area contributed by atoms with Crippen molar-refractivity contribution in [1.82, 2.24) is 0 Å². The summed E-state index contributed by atoms with van der Waals surface area (Å²) in [6.45, 7) is 9.50. The average Bonchev–Trinajstić information content (AvgIpc) is 3.02. The van der Waals surface area contributed by atoms with E-state index in [1.54, 1.807) is 0 Å². The molecule has 5 heterocycles. The van der Waals surface area contributed by atoms with Crippen LogP contribution in [0.1, 0.15) is 40.8 Å². The van der Waals surface area contributed by atoms with Gasteiger partial charge in [0.25, 0.3) is 0 Å². The van der Waals surface area contributed by atoms with Crippen LogP contribution in [0.3, 0.4) is 0 Å². The molecule has 2 atom stereocenters. The Bertz CT molecular complexity index is 1810. The summed E-state index contributed by atoms with van der Waals surface area (Å²) in [5.41, 5.74) is 16.6. The Kier molecular flexibility index (Phi) is 4.72. The number of hydrogen-bond acceptors (Lipinski definition) is 0. The molecule has 3 aromatic carbocycles. The number of hydrogen-bond donors (Lipinski definition) is 0. The molecule has 0 bridgehead atoms. The Morgan fingerprint density at radius 2 is 1.31 bits per heavy atom. The molecule has 3 heteroatoms. The van der Waals surface area contributed by atoms with Gasteiger partial charge in [-0.3, -0.25) is 0 Å². The second-order valence-electron chi connectivity index (χ2n) is 12.2. The van der Waals surface area contributed by atoms with Crippen LogP contribution in [0, 0.1) is 20.8 Å². The van der Waals surface area contributed by atoms with Crippen LogP contribution in [0.25, 0.3) is 22.5 Å². The van der Waals surface area contributed by atoms with E-state index in [4.69, 9.17) is 0 Å². The first kappa shape index (κ1) is 23.0. The van der Waals surface area contributed by atoms with Crippen LogP contribution in [0.15, 0.2) is 97.1 Å².